The van der Waals surface area contributed by atoms with Crippen LogP contribution in [0, 0.1) is 0 Å². The molecule has 3 saturated heterocycles. The minimum absolute atomic E-state index is 0.340. The van der Waals surface area contributed by atoms with E-state index >= 15 is 0 Å². The molecule has 3 heterocycles. The van der Waals surface area contributed by atoms with E-state index in [0.717, 1.165) is 13.3 Å². The molecule has 0 aromatic carbocycles. The fourth-order valence-corrected chi connectivity index (χ4v) is 4.89. The summed E-state index contributed by atoms with van der Waals surface area (Å²) in [5.41, 5.74) is 0.681. The van der Waals surface area contributed by atoms with E-state index in [1.165, 1.54) is 39.0 Å². The Morgan fingerprint density at radius 3 is 1.36 bits per heavy atom. The lowest BCUT2D eigenvalue weighted by Crippen LogP contribution is -2.66. The van der Waals surface area contributed by atoms with Crippen LogP contribution < -0.4 is 0 Å². The summed E-state index contributed by atoms with van der Waals surface area (Å²) in [6, 6.07) is 1.40. The Balaban J connectivity index is 1.80. The maximum absolute atomic E-state index is 2.72. The quantitative estimate of drug-likeness (QED) is 0.680. The van der Waals surface area contributed by atoms with Crippen molar-refractivity contribution in [1.29, 1.82) is 0 Å². The van der Waals surface area contributed by atoms with Gasteiger partial charge in [-0.3, -0.25) is 19.6 Å². The molecule has 0 N–H and O–H groups in total. The Bertz CT molecular complexity index is 368. The molecule has 0 aromatic rings. The average Bonchev–Trinajstić information content (AvgIpc) is 2.39. The molecule has 3 fully saturated rings. The fraction of sp³-hybridized carbons (Fsp3) is 1.00. The van der Waals surface area contributed by atoms with Gasteiger partial charge in [0.1, 0.15) is 0 Å². The molecule has 128 valence electrons. The molecule has 0 aliphatic carbocycles. The Morgan fingerprint density at radius 1 is 0.636 bits per heavy atom. The zero-order valence-corrected chi connectivity index (χ0v) is 15.6. The van der Waals surface area contributed by atoms with Crippen molar-refractivity contribution in [2.75, 3.05) is 39.5 Å². The minimum Gasteiger partial charge on any atom is -0.286 e. The molecular weight excluding hydrogens is 272 g/mol. The highest BCUT2D eigenvalue weighted by atomic mass is 15.4. The van der Waals surface area contributed by atoms with Crippen LogP contribution in [0.25, 0.3) is 0 Å². The van der Waals surface area contributed by atoms with Crippen LogP contribution in [-0.2, 0) is 0 Å². The second kappa shape index (κ2) is 5.73. The van der Waals surface area contributed by atoms with E-state index < -0.39 is 0 Å². The number of hydrogen-bond acceptors (Lipinski definition) is 4. The van der Waals surface area contributed by atoms with E-state index in [2.05, 4.69) is 61.1 Å². The Labute approximate surface area is 137 Å². The zero-order valence-electron chi connectivity index (χ0n) is 15.6. The van der Waals surface area contributed by atoms with Gasteiger partial charge in [0, 0.05) is 49.3 Å². The third-order valence-electron chi connectivity index (χ3n) is 6.57. The normalized spacial score (nSPS) is 47.7. The summed E-state index contributed by atoms with van der Waals surface area (Å²) < 4.78 is 0. The van der Waals surface area contributed by atoms with Crippen molar-refractivity contribution >= 4 is 0 Å². The molecular formula is C18H36N4. The summed E-state index contributed by atoms with van der Waals surface area (Å²) in [5.74, 6) is 0. The molecule has 0 aromatic heterocycles. The number of hydrogen-bond donors (Lipinski definition) is 0. The highest BCUT2D eigenvalue weighted by Gasteiger charge is 2.41. The number of rotatable bonds is 0. The first-order valence-corrected chi connectivity index (χ1v) is 9.17. The van der Waals surface area contributed by atoms with Gasteiger partial charge in [-0.1, -0.05) is 0 Å². The Morgan fingerprint density at radius 2 is 1.00 bits per heavy atom. The van der Waals surface area contributed by atoms with E-state index in [9.17, 15) is 0 Å². The molecule has 0 saturated carbocycles. The smallest absolute Gasteiger partial charge is 0.0514 e. The summed E-state index contributed by atoms with van der Waals surface area (Å²) in [5, 5.41) is 0. The van der Waals surface area contributed by atoms with E-state index in [1.807, 2.05) is 0 Å². The van der Waals surface area contributed by atoms with Crippen molar-refractivity contribution < 1.29 is 0 Å². The van der Waals surface area contributed by atoms with Crippen molar-refractivity contribution in [3.63, 3.8) is 0 Å². The molecule has 4 bridgehead atoms. The van der Waals surface area contributed by atoms with Gasteiger partial charge in [-0.15, -0.1) is 0 Å². The van der Waals surface area contributed by atoms with Crippen LogP contribution in [-0.4, -0.2) is 82.3 Å². The van der Waals surface area contributed by atoms with Crippen molar-refractivity contribution in [2.45, 2.75) is 77.5 Å². The summed E-state index contributed by atoms with van der Waals surface area (Å²) in [4.78, 5) is 10.8. The van der Waals surface area contributed by atoms with Gasteiger partial charge >= 0.3 is 0 Å². The van der Waals surface area contributed by atoms with Gasteiger partial charge in [0.05, 0.1) is 13.3 Å². The average molecular weight is 309 g/mol. The monoisotopic (exact) mass is 308 g/mol. The van der Waals surface area contributed by atoms with Crippen LogP contribution in [0.15, 0.2) is 0 Å². The van der Waals surface area contributed by atoms with E-state index in [4.69, 9.17) is 0 Å². The number of fused-ring (bicyclic) bond motifs is 4. The van der Waals surface area contributed by atoms with Crippen LogP contribution >= 0.6 is 0 Å². The first kappa shape index (κ1) is 16.7. The van der Waals surface area contributed by atoms with Crippen LogP contribution in [0.5, 0.6) is 0 Å². The summed E-state index contributed by atoms with van der Waals surface area (Å²) >= 11 is 0. The molecule has 4 nitrogen and oxygen atoms in total. The Kier molecular flexibility index (Phi) is 4.35. The van der Waals surface area contributed by atoms with Gasteiger partial charge in [-0.2, -0.15) is 0 Å². The standard InChI is InChI=1S/C18H36N4/c1-15-11-17(3,4)21-10-8-20-14-22(9-7-19(15)13-21)18(5,6)12-16(20)2/h15-16H,7-14H2,1-6H3. The van der Waals surface area contributed by atoms with Gasteiger partial charge in [-0.05, 0) is 54.4 Å². The Hall–Kier alpha value is -0.160. The molecule has 3 aliphatic rings. The largest absolute Gasteiger partial charge is 0.286 e. The van der Waals surface area contributed by atoms with Crippen molar-refractivity contribution in [1.82, 2.24) is 19.6 Å². The molecule has 0 amide bonds. The lowest BCUT2D eigenvalue weighted by molar-refractivity contribution is -0.0918. The van der Waals surface area contributed by atoms with Gasteiger partial charge in [0.15, 0.2) is 0 Å². The van der Waals surface area contributed by atoms with Crippen molar-refractivity contribution in [3.8, 4) is 0 Å². The lowest BCUT2D eigenvalue weighted by Gasteiger charge is -2.55. The van der Waals surface area contributed by atoms with Crippen LogP contribution in [0.4, 0.5) is 0 Å². The van der Waals surface area contributed by atoms with E-state index in [1.54, 1.807) is 0 Å². The third kappa shape index (κ3) is 3.08. The topological polar surface area (TPSA) is 13.0 Å². The predicted octanol–water partition coefficient (Wildman–Crippen LogP) is 2.26. The molecule has 0 radical (unpaired) electrons. The highest BCUT2D eigenvalue weighted by Crippen LogP contribution is 2.32. The first-order valence-electron chi connectivity index (χ1n) is 9.17. The molecule has 3 aliphatic heterocycles. The highest BCUT2D eigenvalue weighted by molar-refractivity contribution is 4.96. The van der Waals surface area contributed by atoms with Gasteiger partial charge < -0.3 is 0 Å². The zero-order chi connectivity index (χ0) is 16.1. The minimum atomic E-state index is 0.340. The first-order chi connectivity index (χ1) is 10.2. The van der Waals surface area contributed by atoms with E-state index in [-0.39, 0.29) is 0 Å². The number of nitrogens with zero attached hydrogens (tertiary/aromatic N) is 4. The summed E-state index contributed by atoms with van der Waals surface area (Å²) in [6.07, 6.45) is 2.57. The molecule has 22 heavy (non-hydrogen) atoms. The van der Waals surface area contributed by atoms with Crippen LogP contribution in [0.3, 0.4) is 0 Å². The fourth-order valence-electron chi connectivity index (χ4n) is 4.89. The SMILES string of the molecule is CC1CC(C)(C)N2CCN3CN(CCN1C2)C(C)(C)CC3C. The maximum atomic E-state index is 2.72. The molecule has 6 unspecified atom stereocenters. The van der Waals surface area contributed by atoms with E-state index in [0.29, 0.717) is 23.2 Å². The third-order valence-corrected chi connectivity index (χ3v) is 6.57. The molecule has 6 atom stereocenters. The van der Waals surface area contributed by atoms with Crippen molar-refractivity contribution in [3.05, 3.63) is 0 Å². The summed E-state index contributed by atoms with van der Waals surface area (Å²) in [6.45, 7) is 21.7. The lowest BCUT2D eigenvalue weighted by atomic mass is 9.88. The second-order valence-corrected chi connectivity index (χ2v) is 9.17. The van der Waals surface area contributed by atoms with Gasteiger partial charge in [0.2, 0.25) is 0 Å². The maximum Gasteiger partial charge on any atom is 0.0514 e. The molecule has 3 rings (SSSR count). The van der Waals surface area contributed by atoms with Gasteiger partial charge in [-0.25, -0.2) is 0 Å². The van der Waals surface area contributed by atoms with Crippen LogP contribution in [0.1, 0.15) is 54.4 Å². The molecule has 0 spiro atoms. The summed E-state index contributed by atoms with van der Waals surface area (Å²) in [7, 11) is 0. The molecule has 4 heteroatoms. The van der Waals surface area contributed by atoms with Gasteiger partial charge in [0.25, 0.3) is 0 Å². The predicted molar refractivity (Wildman–Crippen MR) is 92.9 cm³/mol. The van der Waals surface area contributed by atoms with Crippen LogP contribution in [0.2, 0.25) is 0 Å². The van der Waals surface area contributed by atoms with Crippen molar-refractivity contribution in [2.24, 2.45) is 0 Å². The second-order valence-electron chi connectivity index (χ2n) is 9.17.